The van der Waals surface area contributed by atoms with Gasteiger partial charge in [-0.15, -0.1) is 11.3 Å². The van der Waals surface area contributed by atoms with Crippen molar-refractivity contribution in [1.29, 1.82) is 0 Å². The van der Waals surface area contributed by atoms with E-state index in [1.54, 1.807) is 4.88 Å². The molecule has 3 heterocycles. The van der Waals surface area contributed by atoms with Crippen LogP contribution in [0.5, 0.6) is 5.06 Å². The summed E-state index contributed by atoms with van der Waals surface area (Å²) < 4.78 is 5.57. The topological polar surface area (TPSA) is 21.3 Å². The van der Waals surface area contributed by atoms with Crippen molar-refractivity contribution in [1.82, 2.24) is 5.32 Å². The summed E-state index contributed by atoms with van der Waals surface area (Å²) in [6.07, 6.45) is 3.70. The maximum Gasteiger partial charge on any atom is 0.177 e. The number of nitrogens with one attached hydrogen (secondary N) is 1. The molecule has 1 aromatic heterocycles. The molecular weight excluding hydrogens is 194 g/mol. The van der Waals surface area contributed by atoms with E-state index in [0.717, 1.165) is 18.9 Å². The Kier molecular flexibility index (Phi) is 2.22. The molecule has 2 aliphatic rings. The molecule has 3 heteroatoms. The normalized spacial score (nSPS) is 22.0. The predicted octanol–water partition coefficient (Wildman–Crippen LogP) is 2.15. The van der Waals surface area contributed by atoms with Gasteiger partial charge < -0.3 is 10.1 Å². The van der Waals surface area contributed by atoms with Crippen molar-refractivity contribution in [2.75, 3.05) is 19.7 Å². The first-order valence-corrected chi connectivity index (χ1v) is 6.21. The lowest BCUT2D eigenvalue weighted by Gasteiger charge is -2.21. The molecule has 0 bridgehead atoms. The van der Waals surface area contributed by atoms with Crippen molar-refractivity contribution in [3.05, 3.63) is 16.5 Å². The minimum absolute atomic E-state index is 0.787. The molecule has 1 fully saturated rings. The molecule has 0 aromatic carbocycles. The fraction of sp³-hybridized carbons (Fsp3) is 0.636. The first kappa shape index (κ1) is 8.74. The van der Waals surface area contributed by atoms with Crippen molar-refractivity contribution in [3.8, 4) is 5.06 Å². The van der Waals surface area contributed by atoms with E-state index < -0.39 is 0 Å². The average Bonchev–Trinajstić information content (AvgIpc) is 2.78. The largest absolute Gasteiger partial charge is 0.483 e. The molecule has 2 nitrogen and oxygen atoms in total. The Morgan fingerprint density at radius 2 is 2.21 bits per heavy atom. The lowest BCUT2D eigenvalue weighted by Crippen LogP contribution is -2.26. The van der Waals surface area contributed by atoms with Crippen LogP contribution in [0.25, 0.3) is 0 Å². The van der Waals surface area contributed by atoms with Gasteiger partial charge in [0.2, 0.25) is 0 Å². The minimum atomic E-state index is 0.787. The SMILES string of the molecule is c1c(C2CCNCC2)sc2c1CCO2. The number of rotatable bonds is 1. The Hall–Kier alpha value is -0.540. The zero-order valence-electron chi connectivity index (χ0n) is 8.21. The highest BCUT2D eigenvalue weighted by Gasteiger charge is 2.22. The summed E-state index contributed by atoms with van der Waals surface area (Å²) in [5.41, 5.74) is 1.45. The van der Waals surface area contributed by atoms with E-state index in [4.69, 9.17) is 4.74 Å². The molecule has 0 unspecified atom stereocenters. The number of hydrogen-bond donors (Lipinski definition) is 1. The van der Waals surface area contributed by atoms with Crippen LogP contribution in [0.2, 0.25) is 0 Å². The van der Waals surface area contributed by atoms with Crippen molar-refractivity contribution >= 4 is 11.3 Å². The minimum Gasteiger partial charge on any atom is -0.483 e. The van der Waals surface area contributed by atoms with Crippen molar-refractivity contribution in [3.63, 3.8) is 0 Å². The maximum atomic E-state index is 5.57. The van der Waals surface area contributed by atoms with E-state index in [2.05, 4.69) is 11.4 Å². The summed E-state index contributed by atoms with van der Waals surface area (Å²) in [4.78, 5) is 1.55. The molecule has 1 N–H and O–H groups in total. The standard InChI is InChI=1S/C11H15NOS/c1-4-12-5-2-8(1)10-7-9-3-6-13-11(9)14-10/h7-8,12H,1-6H2. The highest BCUT2D eigenvalue weighted by Crippen LogP contribution is 2.40. The Bertz CT molecular complexity index is 307. The second kappa shape index (κ2) is 3.55. The molecule has 1 saturated heterocycles. The Balaban J connectivity index is 1.82. The smallest absolute Gasteiger partial charge is 0.177 e. The number of thiophene rings is 1. The van der Waals surface area contributed by atoms with Gasteiger partial charge in [-0.3, -0.25) is 0 Å². The highest BCUT2D eigenvalue weighted by atomic mass is 32.1. The molecule has 14 heavy (non-hydrogen) atoms. The van der Waals surface area contributed by atoms with Gasteiger partial charge in [-0.05, 0) is 37.9 Å². The number of ether oxygens (including phenoxy) is 1. The Morgan fingerprint density at radius 3 is 3.00 bits per heavy atom. The number of hydrogen-bond acceptors (Lipinski definition) is 3. The van der Waals surface area contributed by atoms with Gasteiger partial charge in [0, 0.05) is 16.9 Å². The maximum absolute atomic E-state index is 5.57. The molecular formula is C11H15NOS. The average molecular weight is 209 g/mol. The lowest BCUT2D eigenvalue weighted by atomic mass is 9.96. The summed E-state index contributed by atoms with van der Waals surface area (Å²) >= 11 is 1.88. The van der Waals surface area contributed by atoms with E-state index >= 15 is 0 Å². The molecule has 76 valence electrons. The highest BCUT2D eigenvalue weighted by molar-refractivity contribution is 7.14. The van der Waals surface area contributed by atoms with Crippen molar-refractivity contribution in [2.24, 2.45) is 0 Å². The fourth-order valence-electron chi connectivity index (χ4n) is 2.29. The van der Waals surface area contributed by atoms with Gasteiger partial charge >= 0.3 is 0 Å². The summed E-state index contributed by atoms with van der Waals surface area (Å²) in [6.45, 7) is 3.25. The molecule has 0 radical (unpaired) electrons. The first-order chi connectivity index (χ1) is 6.93. The molecule has 0 atom stereocenters. The van der Waals surface area contributed by atoms with E-state index in [-0.39, 0.29) is 0 Å². The summed E-state index contributed by atoms with van der Waals surface area (Å²) in [5, 5.41) is 4.60. The van der Waals surface area contributed by atoms with Crippen LogP contribution in [-0.4, -0.2) is 19.7 Å². The van der Waals surface area contributed by atoms with Crippen LogP contribution in [0.15, 0.2) is 6.07 Å². The van der Waals surface area contributed by atoms with E-state index in [9.17, 15) is 0 Å². The molecule has 0 saturated carbocycles. The molecule has 0 aliphatic carbocycles. The molecule has 2 aliphatic heterocycles. The Labute approximate surface area is 88.3 Å². The van der Waals surface area contributed by atoms with Gasteiger partial charge in [0.05, 0.1) is 6.61 Å². The van der Waals surface area contributed by atoms with Crippen LogP contribution >= 0.6 is 11.3 Å². The first-order valence-electron chi connectivity index (χ1n) is 5.39. The summed E-state index contributed by atoms with van der Waals surface area (Å²) in [7, 11) is 0. The van der Waals surface area contributed by atoms with Crippen molar-refractivity contribution in [2.45, 2.75) is 25.2 Å². The lowest BCUT2D eigenvalue weighted by molar-refractivity contribution is 0.365. The van der Waals surface area contributed by atoms with Gasteiger partial charge in [-0.1, -0.05) is 0 Å². The van der Waals surface area contributed by atoms with Crippen LogP contribution in [-0.2, 0) is 6.42 Å². The van der Waals surface area contributed by atoms with Crippen molar-refractivity contribution < 1.29 is 4.74 Å². The summed E-state index contributed by atoms with van der Waals surface area (Å²) in [5.74, 6) is 0.787. The van der Waals surface area contributed by atoms with Crippen LogP contribution in [0.3, 0.4) is 0 Å². The number of fused-ring (bicyclic) bond motifs is 1. The van der Waals surface area contributed by atoms with E-state index in [1.807, 2.05) is 11.3 Å². The van der Waals surface area contributed by atoms with Gasteiger partial charge in [-0.25, -0.2) is 0 Å². The number of piperidine rings is 1. The second-order valence-electron chi connectivity index (χ2n) is 4.08. The van der Waals surface area contributed by atoms with E-state index in [1.165, 1.54) is 36.6 Å². The molecule has 0 spiro atoms. The van der Waals surface area contributed by atoms with E-state index in [0.29, 0.717) is 0 Å². The zero-order valence-corrected chi connectivity index (χ0v) is 9.03. The molecule has 0 amide bonds. The third-order valence-electron chi connectivity index (χ3n) is 3.14. The summed E-state index contributed by atoms with van der Waals surface area (Å²) in [6, 6.07) is 2.38. The van der Waals surface area contributed by atoms with Gasteiger partial charge in [0.25, 0.3) is 0 Å². The van der Waals surface area contributed by atoms with Gasteiger partial charge in [-0.2, -0.15) is 0 Å². The Morgan fingerprint density at radius 1 is 1.36 bits per heavy atom. The van der Waals surface area contributed by atoms with Gasteiger partial charge in [0.1, 0.15) is 0 Å². The zero-order chi connectivity index (χ0) is 9.38. The third kappa shape index (κ3) is 1.44. The third-order valence-corrected chi connectivity index (χ3v) is 4.39. The molecule has 3 rings (SSSR count). The predicted molar refractivity (Wildman–Crippen MR) is 58.4 cm³/mol. The second-order valence-corrected chi connectivity index (χ2v) is 5.13. The molecule has 1 aromatic rings. The monoisotopic (exact) mass is 209 g/mol. The van der Waals surface area contributed by atoms with Gasteiger partial charge in [0.15, 0.2) is 5.06 Å². The van der Waals surface area contributed by atoms with Crippen LogP contribution in [0.1, 0.15) is 29.2 Å². The quantitative estimate of drug-likeness (QED) is 0.765. The van der Waals surface area contributed by atoms with Crippen LogP contribution in [0, 0.1) is 0 Å². The fourth-order valence-corrected chi connectivity index (χ4v) is 3.54. The van der Waals surface area contributed by atoms with Crippen LogP contribution < -0.4 is 10.1 Å². The van der Waals surface area contributed by atoms with Crippen LogP contribution in [0.4, 0.5) is 0 Å².